The number of nitrogen functional groups attached to an aromatic ring is 1. The number of carbonyl (C=O) groups excluding carboxylic acids is 1. The van der Waals surface area contributed by atoms with Crippen LogP contribution < -0.4 is 11.1 Å². The Morgan fingerprint density at radius 2 is 1.76 bits per heavy atom. The Morgan fingerprint density at radius 3 is 2.29 bits per heavy atom. The lowest BCUT2D eigenvalue weighted by Crippen LogP contribution is -2.33. The molecule has 1 heterocycles. The minimum Gasteiger partial charge on any atom is -0.399 e. The fraction of sp³-hybridized carbons (Fsp3) is 0.364. The van der Waals surface area contributed by atoms with Crippen molar-refractivity contribution in [3.8, 4) is 0 Å². The summed E-state index contributed by atoms with van der Waals surface area (Å²) in [5.74, 6) is 0. The molecular weight excluding hydrogens is 222 g/mol. The van der Waals surface area contributed by atoms with Gasteiger partial charge in [-0.05, 0) is 24.3 Å². The smallest absolute Gasteiger partial charge is 0.322 e. The summed E-state index contributed by atoms with van der Waals surface area (Å²) in [6.45, 7) is 0.282. The summed E-state index contributed by atoms with van der Waals surface area (Å²) in [4.78, 5) is 13.1. The molecular formula is C11H15N3O3. The van der Waals surface area contributed by atoms with Crippen molar-refractivity contribution < 1.29 is 15.0 Å². The van der Waals surface area contributed by atoms with Crippen molar-refractivity contribution in [2.45, 2.75) is 12.2 Å². The molecule has 0 saturated carbocycles. The minimum atomic E-state index is -0.868. The number of likely N-dealkylation sites (tertiary alicyclic amines) is 1. The fourth-order valence-corrected chi connectivity index (χ4v) is 1.70. The molecule has 2 unspecified atom stereocenters. The maximum atomic E-state index is 11.8. The largest absolute Gasteiger partial charge is 0.399 e. The van der Waals surface area contributed by atoms with Crippen molar-refractivity contribution in [2.75, 3.05) is 24.1 Å². The number of carbonyl (C=O) groups is 1. The SMILES string of the molecule is Nc1ccc(NC(=O)N2CC(O)C(O)C2)cc1. The zero-order chi connectivity index (χ0) is 12.4. The molecule has 6 heteroatoms. The highest BCUT2D eigenvalue weighted by Crippen LogP contribution is 2.14. The van der Waals surface area contributed by atoms with E-state index in [4.69, 9.17) is 5.73 Å². The molecule has 6 nitrogen and oxygen atoms in total. The summed E-state index contributed by atoms with van der Waals surface area (Å²) in [5, 5.41) is 21.3. The normalized spacial score (nSPS) is 23.8. The predicted molar refractivity (Wildman–Crippen MR) is 63.5 cm³/mol. The van der Waals surface area contributed by atoms with Gasteiger partial charge < -0.3 is 26.2 Å². The first-order valence-electron chi connectivity index (χ1n) is 5.34. The molecule has 0 bridgehead atoms. The zero-order valence-corrected chi connectivity index (χ0v) is 9.21. The van der Waals surface area contributed by atoms with E-state index in [-0.39, 0.29) is 19.1 Å². The second-order valence-electron chi connectivity index (χ2n) is 4.09. The maximum absolute atomic E-state index is 11.8. The first-order chi connectivity index (χ1) is 8.06. The number of β-amino-alcohol motifs (C(OH)–C–C–N with tert-alkyl or cyclic N) is 2. The van der Waals surface area contributed by atoms with E-state index in [2.05, 4.69) is 5.32 Å². The highest BCUT2D eigenvalue weighted by molar-refractivity contribution is 5.89. The second kappa shape index (κ2) is 4.60. The van der Waals surface area contributed by atoms with Gasteiger partial charge in [0.05, 0.1) is 25.3 Å². The van der Waals surface area contributed by atoms with E-state index in [1.54, 1.807) is 24.3 Å². The van der Waals surface area contributed by atoms with Gasteiger partial charge in [0.15, 0.2) is 0 Å². The van der Waals surface area contributed by atoms with E-state index in [1.807, 2.05) is 0 Å². The molecule has 1 aromatic carbocycles. The lowest BCUT2D eigenvalue weighted by Gasteiger charge is -2.16. The van der Waals surface area contributed by atoms with Crippen LogP contribution in [0.1, 0.15) is 0 Å². The first-order valence-corrected chi connectivity index (χ1v) is 5.34. The molecule has 1 fully saturated rings. The Balaban J connectivity index is 1.96. The van der Waals surface area contributed by atoms with Gasteiger partial charge in [0.1, 0.15) is 0 Å². The molecule has 2 amide bonds. The third kappa shape index (κ3) is 2.66. The molecule has 92 valence electrons. The Morgan fingerprint density at radius 1 is 1.24 bits per heavy atom. The summed E-state index contributed by atoms with van der Waals surface area (Å²) in [6.07, 6.45) is -1.74. The van der Waals surface area contributed by atoms with Crippen molar-refractivity contribution in [3.63, 3.8) is 0 Å². The number of amides is 2. The van der Waals surface area contributed by atoms with Gasteiger partial charge in [-0.1, -0.05) is 0 Å². The van der Waals surface area contributed by atoms with E-state index in [9.17, 15) is 15.0 Å². The second-order valence-corrected chi connectivity index (χ2v) is 4.09. The van der Waals surface area contributed by atoms with Crippen LogP contribution in [0.5, 0.6) is 0 Å². The number of nitrogens with two attached hydrogens (primary N) is 1. The Labute approximate surface area is 98.6 Å². The van der Waals surface area contributed by atoms with Gasteiger partial charge in [0, 0.05) is 11.4 Å². The van der Waals surface area contributed by atoms with Crippen LogP contribution >= 0.6 is 0 Å². The molecule has 1 aromatic rings. The van der Waals surface area contributed by atoms with Crippen LogP contribution in [-0.2, 0) is 0 Å². The topological polar surface area (TPSA) is 98.8 Å². The van der Waals surface area contributed by atoms with Gasteiger partial charge in [-0.3, -0.25) is 0 Å². The standard InChI is InChI=1S/C11H15N3O3/c12-7-1-3-8(4-2-7)13-11(17)14-5-9(15)10(16)6-14/h1-4,9-10,15-16H,5-6,12H2,(H,13,17). The molecule has 17 heavy (non-hydrogen) atoms. The van der Waals surface area contributed by atoms with Crippen LogP contribution in [0.4, 0.5) is 16.2 Å². The van der Waals surface area contributed by atoms with Crippen molar-refractivity contribution in [2.24, 2.45) is 0 Å². The molecule has 0 aliphatic carbocycles. The third-order valence-electron chi connectivity index (χ3n) is 2.71. The van der Waals surface area contributed by atoms with Crippen LogP contribution in [0.15, 0.2) is 24.3 Å². The van der Waals surface area contributed by atoms with E-state index in [0.717, 1.165) is 0 Å². The highest BCUT2D eigenvalue weighted by atomic mass is 16.3. The number of aliphatic hydroxyl groups is 2. The first kappa shape index (κ1) is 11.7. The van der Waals surface area contributed by atoms with Gasteiger partial charge >= 0.3 is 6.03 Å². The zero-order valence-electron chi connectivity index (χ0n) is 9.21. The summed E-state index contributed by atoms with van der Waals surface area (Å²) in [6, 6.07) is 6.41. The van der Waals surface area contributed by atoms with Gasteiger partial charge in [-0.15, -0.1) is 0 Å². The molecule has 0 spiro atoms. The Kier molecular flexibility index (Phi) is 3.16. The van der Waals surface area contributed by atoms with Crippen molar-refractivity contribution in [3.05, 3.63) is 24.3 Å². The summed E-state index contributed by atoms with van der Waals surface area (Å²) in [7, 11) is 0. The quantitative estimate of drug-likeness (QED) is 0.510. The number of anilines is 2. The third-order valence-corrected chi connectivity index (χ3v) is 2.71. The number of hydrogen-bond acceptors (Lipinski definition) is 4. The van der Waals surface area contributed by atoms with Crippen LogP contribution in [-0.4, -0.2) is 46.4 Å². The number of hydrogen-bond donors (Lipinski definition) is 4. The van der Waals surface area contributed by atoms with Crippen molar-refractivity contribution >= 4 is 17.4 Å². The maximum Gasteiger partial charge on any atom is 0.322 e. The lowest BCUT2D eigenvalue weighted by atomic mass is 10.3. The van der Waals surface area contributed by atoms with Crippen molar-refractivity contribution in [1.82, 2.24) is 4.90 Å². The summed E-state index contributed by atoms with van der Waals surface area (Å²) >= 11 is 0. The van der Waals surface area contributed by atoms with Gasteiger partial charge in [0.25, 0.3) is 0 Å². The molecule has 0 aromatic heterocycles. The number of nitrogens with zero attached hydrogens (tertiary/aromatic N) is 1. The van der Waals surface area contributed by atoms with E-state index in [0.29, 0.717) is 11.4 Å². The number of rotatable bonds is 1. The van der Waals surface area contributed by atoms with E-state index in [1.165, 1.54) is 4.90 Å². The Hall–Kier alpha value is -1.79. The fourth-order valence-electron chi connectivity index (χ4n) is 1.70. The predicted octanol–water partition coefficient (Wildman–Crippen LogP) is -0.162. The van der Waals surface area contributed by atoms with Crippen LogP contribution in [0.2, 0.25) is 0 Å². The number of nitrogens with one attached hydrogen (secondary N) is 1. The average molecular weight is 237 g/mol. The summed E-state index contributed by atoms with van der Waals surface area (Å²) < 4.78 is 0. The van der Waals surface area contributed by atoms with E-state index >= 15 is 0 Å². The molecule has 2 atom stereocenters. The molecule has 5 N–H and O–H groups in total. The van der Waals surface area contributed by atoms with Crippen LogP contribution in [0.3, 0.4) is 0 Å². The Bertz CT molecular complexity index is 397. The van der Waals surface area contributed by atoms with Gasteiger partial charge in [-0.2, -0.15) is 0 Å². The van der Waals surface area contributed by atoms with Crippen LogP contribution in [0.25, 0.3) is 0 Å². The molecule has 1 aliphatic heterocycles. The van der Waals surface area contributed by atoms with Crippen LogP contribution in [0, 0.1) is 0 Å². The van der Waals surface area contributed by atoms with Crippen molar-refractivity contribution in [1.29, 1.82) is 0 Å². The number of urea groups is 1. The molecule has 1 aliphatic rings. The van der Waals surface area contributed by atoms with Gasteiger partial charge in [0.2, 0.25) is 0 Å². The lowest BCUT2D eigenvalue weighted by molar-refractivity contribution is 0.0572. The van der Waals surface area contributed by atoms with E-state index < -0.39 is 12.2 Å². The van der Waals surface area contributed by atoms with Gasteiger partial charge in [-0.25, -0.2) is 4.79 Å². The minimum absolute atomic E-state index is 0.141. The average Bonchev–Trinajstić information content (AvgIpc) is 2.63. The molecule has 2 rings (SSSR count). The molecule has 1 saturated heterocycles. The summed E-state index contributed by atoms with van der Waals surface area (Å²) in [5.41, 5.74) is 6.77. The number of aliphatic hydroxyl groups excluding tert-OH is 2. The highest BCUT2D eigenvalue weighted by Gasteiger charge is 2.32. The number of benzene rings is 1. The monoisotopic (exact) mass is 237 g/mol. The molecule has 0 radical (unpaired) electrons.